The average molecular weight is 1970 g/mol. The summed E-state index contributed by atoms with van der Waals surface area (Å²) in [5, 5.41) is 46.7. The Balaban J connectivity index is 0.000000398. The second-order valence-corrected chi connectivity index (χ2v) is 41.3. The fourth-order valence-corrected chi connectivity index (χ4v) is 16.7. The normalized spacial score (nSPS) is 19.0. The zero-order valence-corrected chi connectivity index (χ0v) is 85.8. The van der Waals surface area contributed by atoms with Gasteiger partial charge in [0.2, 0.25) is 0 Å². The molecule has 0 amide bonds. The Hall–Kier alpha value is -10.4. The first-order chi connectivity index (χ1) is 68.6. The molecule has 0 saturated carbocycles. The topological polar surface area (TPSA) is 325 Å². The van der Waals surface area contributed by atoms with Gasteiger partial charge in [0.05, 0.1) is 66.1 Å². The second-order valence-electron chi connectivity index (χ2n) is 41.3. The molecule has 14 atom stereocenters. The van der Waals surface area contributed by atoms with E-state index in [0.29, 0.717) is 88.9 Å². The van der Waals surface area contributed by atoms with Gasteiger partial charge in [-0.05, 0) is 205 Å². The third kappa shape index (κ3) is 34.3. The van der Waals surface area contributed by atoms with Gasteiger partial charge in [0.1, 0.15) is 159 Å². The lowest BCUT2D eigenvalue weighted by Crippen LogP contribution is -2.46. The first kappa shape index (κ1) is 108. The van der Waals surface area contributed by atoms with Crippen molar-refractivity contribution in [2.75, 3.05) is 145 Å². The lowest BCUT2D eigenvalue weighted by molar-refractivity contribution is -0.0468. The molecule has 0 aromatic heterocycles. The molecule has 0 spiro atoms. The Morgan fingerprint density at radius 1 is 0.259 bits per heavy atom. The zero-order valence-electron chi connectivity index (χ0n) is 85.8. The van der Waals surface area contributed by atoms with Crippen molar-refractivity contribution in [1.29, 1.82) is 0 Å². The summed E-state index contributed by atoms with van der Waals surface area (Å²) in [6.07, 6.45) is -2.45. The van der Waals surface area contributed by atoms with Crippen LogP contribution in [0.3, 0.4) is 0 Å². The van der Waals surface area contributed by atoms with E-state index in [-0.39, 0.29) is 140 Å². The Bertz CT molecular complexity index is 5070. The molecule has 8 N–H and O–H groups in total. The van der Waals surface area contributed by atoms with Crippen LogP contribution in [0, 0.1) is 0 Å². The van der Waals surface area contributed by atoms with Gasteiger partial charge < -0.3 is 117 Å². The lowest BCUT2D eigenvalue weighted by atomic mass is 9.78. The molecule has 26 heteroatoms. The van der Waals surface area contributed by atoms with Gasteiger partial charge in [0.25, 0.3) is 0 Å². The Kier molecular flexibility index (Phi) is 38.7. The highest BCUT2D eigenvalue weighted by Crippen LogP contribution is 2.41. The van der Waals surface area contributed by atoms with Crippen molar-refractivity contribution < 1.29 is 106 Å². The summed E-state index contributed by atoms with van der Waals surface area (Å²) in [6.45, 7) is 40.7. The van der Waals surface area contributed by atoms with E-state index in [0.717, 1.165) is 119 Å². The summed E-state index contributed by atoms with van der Waals surface area (Å²) >= 11 is 0. The molecule has 10 aromatic rings. The highest BCUT2D eigenvalue weighted by molar-refractivity contribution is 5.48. The summed E-state index contributed by atoms with van der Waals surface area (Å²) in [5.74, 6) is 7.31. The quantitative estimate of drug-likeness (QED) is 0.0152. The van der Waals surface area contributed by atoms with Crippen LogP contribution in [0.1, 0.15) is 165 Å². The lowest BCUT2D eigenvalue weighted by Gasteiger charge is -2.34. The van der Waals surface area contributed by atoms with E-state index in [9.17, 15) is 20.4 Å². The number of aliphatic hydroxyl groups excluding tert-OH is 4. The van der Waals surface area contributed by atoms with Crippen molar-refractivity contribution in [3.63, 3.8) is 0 Å². The highest BCUT2D eigenvalue weighted by Gasteiger charge is 2.34. The number of aliphatic hydroxyl groups is 4. The van der Waals surface area contributed by atoms with Gasteiger partial charge in [-0.1, -0.05) is 191 Å². The number of nitrogens with two attached hydrogens (primary N) is 2. The number of hydrogen-bond acceptors (Lipinski definition) is 26. The molecule has 16 rings (SSSR count). The fourth-order valence-electron chi connectivity index (χ4n) is 16.7. The molecule has 6 aliphatic heterocycles. The summed E-state index contributed by atoms with van der Waals surface area (Å²) in [6, 6.07) is 80.8. The third-order valence-corrected chi connectivity index (χ3v) is 27.2. The molecule has 143 heavy (non-hydrogen) atoms. The first-order valence-corrected chi connectivity index (χ1v) is 50.6. The minimum Gasteiger partial charge on any atom is -0.491 e. The molecule has 14 unspecified atom stereocenters. The Labute approximate surface area is 845 Å². The van der Waals surface area contributed by atoms with Gasteiger partial charge >= 0.3 is 0 Å². The van der Waals surface area contributed by atoms with E-state index < -0.39 is 24.8 Å². The minimum atomic E-state index is -1.17. The van der Waals surface area contributed by atoms with Crippen LogP contribution in [-0.4, -0.2) is 261 Å². The van der Waals surface area contributed by atoms with E-state index in [1.807, 2.05) is 173 Å². The summed E-state index contributed by atoms with van der Waals surface area (Å²) in [4.78, 5) is 4.17. The fraction of sp³-hybridized carbons (Fsp3) is 0.487. The van der Waals surface area contributed by atoms with Crippen LogP contribution in [0.4, 0.5) is 0 Å². The van der Waals surface area contributed by atoms with E-state index in [1.165, 1.54) is 11.1 Å². The van der Waals surface area contributed by atoms with Crippen LogP contribution in [-0.2, 0) is 65.0 Å². The molecule has 6 fully saturated rings. The molecule has 772 valence electrons. The standard InChI is InChI=1S/C90H112N2O17.C21H24O4.C6H16N2O/c1-61(91(45-43-85(95)108-79-39-23-69(24-40-79)89(7,8)67-19-35-77(36-20-67)102-55-83-59-106-83)47-71(93)51-98-73-27-11-63(12-28-73)87(3,4)65-15-31-75(32-16-65)100-53-81-57-104-81)49-97-50-62(2)92(46-44-86(96)109-80-41-25-70(26-42-80)90(9,10)68-21-37-78(38-22-68)103-56-84-60-107-84)48-72(94)52-99-74-29-13-64(14-30-74)88(5,6)66-17-33-76(34-18-66)101-54-82-58-105-82;1-21(2,15-3-7-17(8-4-15)22-11-19-13-24-19)16-5-9-18(10-6-16)23-12-20-14-25-20;1-5(7)3-9-4-6(2)8/h11-42,61-62,71-72,81-86,93-96H,43-60H2,1-10H3;3-10,19-20H,11-14H2,1-2H3;5-6H,3-4,7-8H2,1-2H3. The maximum Gasteiger partial charge on any atom is 0.198 e. The molecule has 6 heterocycles. The van der Waals surface area contributed by atoms with Crippen LogP contribution in [0.2, 0.25) is 0 Å². The van der Waals surface area contributed by atoms with Crippen molar-refractivity contribution in [3.05, 3.63) is 298 Å². The van der Waals surface area contributed by atoms with Crippen LogP contribution in [0.25, 0.3) is 0 Å². The molecule has 10 aromatic carbocycles. The maximum atomic E-state index is 11.8. The summed E-state index contributed by atoms with van der Waals surface area (Å²) < 4.78 is 103. The number of hydrogen-bond donors (Lipinski definition) is 6. The summed E-state index contributed by atoms with van der Waals surface area (Å²) in [5.41, 5.74) is 20.9. The van der Waals surface area contributed by atoms with E-state index >= 15 is 0 Å². The van der Waals surface area contributed by atoms with Crippen LogP contribution in [0.15, 0.2) is 243 Å². The number of benzene rings is 10. The molecule has 6 saturated heterocycles. The second kappa shape index (κ2) is 51.1. The van der Waals surface area contributed by atoms with E-state index in [2.05, 4.69) is 176 Å². The molecule has 0 bridgehead atoms. The van der Waals surface area contributed by atoms with Crippen molar-refractivity contribution >= 4 is 0 Å². The van der Waals surface area contributed by atoms with E-state index in [1.54, 1.807) is 0 Å². The Morgan fingerprint density at radius 2 is 0.427 bits per heavy atom. The van der Waals surface area contributed by atoms with Gasteiger partial charge in [0, 0.05) is 90.3 Å². The van der Waals surface area contributed by atoms with Gasteiger partial charge in [0.15, 0.2) is 12.6 Å². The van der Waals surface area contributed by atoms with Gasteiger partial charge in [-0.25, -0.2) is 0 Å². The predicted molar refractivity (Wildman–Crippen MR) is 553 cm³/mol. The smallest absolute Gasteiger partial charge is 0.198 e. The van der Waals surface area contributed by atoms with Crippen LogP contribution < -0.4 is 58.8 Å². The monoisotopic (exact) mass is 1970 g/mol. The van der Waals surface area contributed by atoms with Crippen LogP contribution in [0.5, 0.6) is 57.5 Å². The molecule has 0 radical (unpaired) electrons. The minimum absolute atomic E-state index is 0.0159. The third-order valence-electron chi connectivity index (χ3n) is 27.2. The largest absolute Gasteiger partial charge is 0.491 e. The molecular formula is C117H152N4O22. The van der Waals surface area contributed by atoms with Crippen LogP contribution >= 0.6 is 0 Å². The number of nitrogens with zero attached hydrogens (tertiary/aromatic N) is 2. The predicted octanol–water partition coefficient (Wildman–Crippen LogP) is 16.5. The van der Waals surface area contributed by atoms with Gasteiger partial charge in [-0.2, -0.15) is 0 Å². The van der Waals surface area contributed by atoms with Crippen molar-refractivity contribution in [2.45, 2.75) is 222 Å². The Morgan fingerprint density at radius 3 is 0.601 bits per heavy atom. The van der Waals surface area contributed by atoms with Crippen molar-refractivity contribution in [2.24, 2.45) is 11.5 Å². The molecule has 26 nitrogen and oxygen atoms in total. The SMILES string of the molecule is CC(C)(c1ccc(OCC2CO2)cc1)c1ccc(OCC2CO2)cc1.CC(COCC(C)N(CCC(O)Oc1ccc(C(C)(C)c2ccc(OCC3CO3)cc2)cc1)CC(O)COc1ccc(C(C)(C)c2ccc(OCC3CO3)cc2)cc1)N(CCC(O)Oc1ccc(C(C)(C)c2ccc(OCC3CO3)cc2)cc1)CC(O)COc1ccc(C(C)(C)c2ccc(OCC3CO3)cc2)cc1.CC(N)COCC(C)N. The zero-order chi connectivity index (χ0) is 101. The van der Waals surface area contributed by atoms with Gasteiger partial charge in [-0.3, -0.25) is 9.80 Å². The first-order valence-electron chi connectivity index (χ1n) is 50.6. The summed E-state index contributed by atoms with van der Waals surface area (Å²) in [7, 11) is 0. The molecule has 0 aliphatic carbocycles. The molecule has 6 aliphatic rings. The van der Waals surface area contributed by atoms with Crippen molar-refractivity contribution in [1.82, 2.24) is 9.80 Å². The number of rotatable bonds is 58. The van der Waals surface area contributed by atoms with Gasteiger partial charge in [-0.15, -0.1) is 0 Å². The highest BCUT2D eigenvalue weighted by atomic mass is 16.6. The number of ether oxygens (including phenoxy) is 18. The van der Waals surface area contributed by atoms with Crippen molar-refractivity contribution in [3.8, 4) is 57.5 Å². The van der Waals surface area contributed by atoms with E-state index in [4.69, 9.17) is 96.7 Å². The molecular weight excluding hydrogens is 1810 g/mol. The maximum absolute atomic E-state index is 11.8. The number of epoxide rings is 6. The average Bonchev–Trinajstić information content (AvgIpc) is 1.75.